The second-order valence-corrected chi connectivity index (χ2v) is 6.12. The second-order valence-electron chi connectivity index (χ2n) is 6.12. The molecule has 1 aromatic carbocycles. The van der Waals surface area contributed by atoms with Gasteiger partial charge in [0.05, 0.1) is 0 Å². The maximum atomic E-state index is 12.0. The summed E-state index contributed by atoms with van der Waals surface area (Å²) in [6, 6.07) is 9.72. The summed E-state index contributed by atoms with van der Waals surface area (Å²) in [5.41, 5.74) is 0.880. The van der Waals surface area contributed by atoms with E-state index in [-0.39, 0.29) is 0 Å². The molecule has 0 saturated heterocycles. The van der Waals surface area contributed by atoms with E-state index in [1.165, 1.54) is 32.1 Å². The van der Waals surface area contributed by atoms with Crippen LogP contribution < -0.4 is 0 Å². The van der Waals surface area contributed by atoms with Crippen LogP contribution in [0.25, 0.3) is 0 Å². The van der Waals surface area contributed by atoms with Gasteiger partial charge in [0.1, 0.15) is 0 Å². The highest BCUT2D eigenvalue weighted by Gasteiger charge is 2.38. The molecule has 0 heterocycles. The SMILES string of the molecule is O=C(CCC[C@@H]1C[C@H]2CC[C@@H]1C2)c1ccccc1. The van der Waals surface area contributed by atoms with Crippen LogP contribution >= 0.6 is 0 Å². The van der Waals surface area contributed by atoms with Crippen molar-refractivity contribution in [2.24, 2.45) is 17.8 Å². The first-order valence-electron chi connectivity index (χ1n) is 7.41. The Morgan fingerprint density at radius 1 is 1.11 bits per heavy atom. The minimum absolute atomic E-state index is 0.318. The number of hydrogen-bond donors (Lipinski definition) is 0. The standard InChI is InChI=1S/C17H22O/c18-17(14-5-2-1-3-6-14)8-4-7-15-11-13-9-10-16(15)12-13/h1-3,5-6,13,15-16H,4,7-12H2/t13-,15-,16-/m1/s1. The molecule has 3 rings (SSSR count). The van der Waals surface area contributed by atoms with E-state index in [4.69, 9.17) is 0 Å². The number of rotatable bonds is 5. The second kappa shape index (κ2) is 5.26. The molecule has 2 fully saturated rings. The number of fused-ring (bicyclic) bond motifs is 2. The largest absolute Gasteiger partial charge is 0.294 e. The van der Waals surface area contributed by atoms with Crippen molar-refractivity contribution in [1.29, 1.82) is 0 Å². The number of ketones is 1. The third kappa shape index (κ3) is 2.50. The summed E-state index contributed by atoms with van der Waals surface area (Å²) < 4.78 is 0. The van der Waals surface area contributed by atoms with Crippen molar-refractivity contribution in [2.75, 3.05) is 0 Å². The molecule has 1 nitrogen and oxygen atoms in total. The van der Waals surface area contributed by atoms with Crippen LogP contribution in [0, 0.1) is 17.8 Å². The van der Waals surface area contributed by atoms with Crippen molar-refractivity contribution < 1.29 is 4.79 Å². The third-order valence-corrected chi connectivity index (χ3v) is 4.96. The predicted octanol–water partition coefficient (Wildman–Crippen LogP) is 4.48. The molecular formula is C17H22O. The minimum atomic E-state index is 0.318. The molecule has 3 atom stereocenters. The van der Waals surface area contributed by atoms with Crippen LogP contribution in [0.4, 0.5) is 0 Å². The highest BCUT2D eigenvalue weighted by atomic mass is 16.1. The Balaban J connectivity index is 1.44. The summed E-state index contributed by atoms with van der Waals surface area (Å²) >= 11 is 0. The van der Waals surface area contributed by atoms with E-state index in [0.717, 1.165) is 36.2 Å². The van der Waals surface area contributed by atoms with E-state index in [9.17, 15) is 4.79 Å². The van der Waals surface area contributed by atoms with Crippen LogP contribution in [0.2, 0.25) is 0 Å². The Morgan fingerprint density at radius 2 is 1.94 bits per heavy atom. The van der Waals surface area contributed by atoms with Gasteiger partial charge in [-0.05, 0) is 49.9 Å². The smallest absolute Gasteiger partial charge is 0.162 e. The van der Waals surface area contributed by atoms with E-state index < -0.39 is 0 Å². The van der Waals surface area contributed by atoms with E-state index in [2.05, 4.69) is 0 Å². The summed E-state index contributed by atoms with van der Waals surface area (Å²) in [5.74, 6) is 3.29. The molecule has 1 aromatic rings. The number of Topliss-reactive ketones (excluding diaryl/α,β-unsaturated/α-hetero) is 1. The van der Waals surface area contributed by atoms with Crippen LogP contribution in [0.15, 0.2) is 30.3 Å². The van der Waals surface area contributed by atoms with Gasteiger partial charge in [0, 0.05) is 12.0 Å². The van der Waals surface area contributed by atoms with E-state index >= 15 is 0 Å². The zero-order valence-corrected chi connectivity index (χ0v) is 11.0. The summed E-state index contributed by atoms with van der Waals surface area (Å²) in [6.07, 6.45) is 8.97. The summed E-state index contributed by atoms with van der Waals surface area (Å²) in [4.78, 5) is 12.0. The minimum Gasteiger partial charge on any atom is -0.294 e. The van der Waals surface area contributed by atoms with Crippen LogP contribution in [-0.4, -0.2) is 5.78 Å². The maximum Gasteiger partial charge on any atom is 0.162 e. The molecular weight excluding hydrogens is 220 g/mol. The molecule has 2 saturated carbocycles. The fourth-order valence-electron chi connectivity index (χ4n) is 4.02. The van der Waals surface area contributed by atoms with Crippen LogP contribution in [0.3, 0.4) is 0 Å². The van der Waals surface area contributed by atoms with Crippen molar-refractivity contribution in [1.82, 2.24) is 0 Å². The summed E-state index contributed by atoms with van der Waals surface area (Å²) in [5, 5.41) is 0. The number of hydrogen-bond acceptors (Lipinski definition) is 1. The molecule has 2 aliphatic carbocycles. The molecule has 0 aromatic heterocycles. The lowest BCUT2D eigenvalue weighted by Crippen LogP contribution is -2.11. The Hall–Kier alpha value is -1.11. The highest BCUT2D eigenvalue weighted by Crippen LogP contribution is 2.49. The van der Waals surface area contributed by atoms with E-state index in [1.54, 1.807) is 0 Å². The zero-order chi connectivity index (χ0) is 12.4. The maximum absolute atomic E-state index is 12.0. The first kappa shape index (κ1) is 12.0. The number of carbonyl (C=O) groups excluding carboxylic acids is 1. The monoisotopic (exact) mass is 242 g/mol. The van der Waals surface area contributed by atoms with Gasteiger partial charge in [-0.2, -0.15) is 0 Å². The molecule has 2 aliphatic rings. The van der Waals surface area contributed by atoms with Gasteiger partial charge in [0.15, 0.2) is 5.78 Å². The van der Waals surface area contributed by atoms with Crippen molar-refractivity contribution >= 4 is 5.78 Å². The third-order valence-electron chi connectivity index (χ3n) is 4.96. The summed E-state index contributed by atoms with van der Waals surface area (Å²) in [7, 11) is 0. The molecule has 0 radical (unpaired) electrons. The lowest BCUT2D eigenvalue weighted by atomic mass is 9.85. The highest BCUT2D eigenvalue weighted by molar-refractivity contribution is 5.95. The zero-order valence-electron chi connectivity index (χ0n) is 11.0. The van der Waals surface area contributed by atoms with Gasteiger partial charge in [0.25, 0.3) is 0 Å². The molecule has 96 valence electrons. The van der Waals surface area contributed by atoms with Gasteiger partial charge in [-0.15, -0.1) is 0 Å². The van der Waals surface area contributed by atoms with Crippen molar-refractivity contribution in [3.63, 3.8) is 0 Å². The average Bonchev–Trinajstić information content (AvgIpc) is 3.02. The van der Waals surface area contributed by atoms with Crippen LogP contribution in [-0.2, 0) is 0 Å². The van der Waals surface area contributed by atoms with Crippen LogP contribution in [0.1, 0.15) is 55.3 Å². The molecule has 18 heavy (non-hydrogen) atoms. The van der Waals surface area contributed by atoms with Gasteiger partial charge < -0.3 is 0 Å². The van der Waals surface area contributed by atoms with Crippen LogP contribution in [0.5, 0.6) is 0 Å². The molecule has 0 spiro atoms. The van der Waals surface area contributed by atoms with Gasteiger partial charge in [-0.25, -0.2) is 0 Å². The van der Waals surface area contributed by atoms with Gasteiger partial charge in [-0.3, -0.25) is 4.79 Å². The Morgan fingerprint density at radius 3 is 2.61 bits per heavy atom. The van der Waals surface area contributed by atoms with Gasteiger partial charge in [-0.1, -0.05) is 36.8 Å². The lowest BCUT2D eigenvalue weighted by Gasteiger charge is -2.21. The van der Waals surface area contributed by atoms with Gasteiger partial charge in [0.2, 0.25) is 0 Å². The molecule has 1 heteroatoms. The molecule has 0 unspecified atom stereocenters. The fraction of sp³-hybridized carbons (Fsp3) is 0.588. The van der Waals surface area contributed by atoms with E-state index in [0.29, 0.717) is 5.78 Å². The lowest BCUT2D eigenvalue weighted by molar-refractivity contribution is 0.0976. The van der Waals surface area contributed by atoms with Crippen molar-refractivity contribution in [3.05, 3.63) is 35.9 Å². The van der Waals surface area contributed by atoms with Crippen molar-refractivity contribution in [3.8, 4) is 0 Å². The summed E-state index contributed by atoms with van der Waals surface area (Å²) in [6.45, 7) is 0. The number of carbonyl (C=O) groups is 1. The molecule has 2 bridgehead atoms. The first-order valence-corrected chi connectivity index (χ1v) is 7.41. The Labute approximate surface area is 110 Å². The Bertz CT molecular complexity index is 409. The Kier molecular flexibility index (Phi) is 3.49. The topological polar surface area (TPSA) is 17.1 Å². The molecule has 0 aliphatic heterocycles. The fourth-order valence-corrected chi connectivity index (χ4v) is 4.02. The van der Waals surface area contributed by atoms with Gasteiger partial charge >= 0.3 is 0 Å². The molecule has 0 amide bonds. The first-order chi connectivity index (χ1) is 8.83. The average molecular weight is 242 g/mol. The van der Waals surface area contributed by atoms with Crippen molar-refractivity contribution in [2.45, 2.75) is 44.9 Å². The predicted molar refractivity (Wildman–Crippen MR) is 73.6 cm³/mol. The normalized spacial score (nSPS) is 29.7. The quantitative estimate of drug-likeness (QED) is 0.696. The van der Waals surface area contributed by atoms with E-state index in [1.807, 2.05) is 30.3 Å². The molecule has 0 N–H and O–H groups in total. The number of benzene rings is 1.